The minimum atomic E-state index is -0.634. The molecule has 0 radical (unpaired) electrons. The zero-order valence-corrected chi connectivity index (χ0v) is 45.4. The van der Waals surface area contributed by atoms with Crippen LogP contribution in [0.15, 0.2) is 284 Å². The van der Waals surface area contributed by atoms with Gasteiger partial charge in [0.25, 0.3) is 0 Å². The van der Waals surface area contributed by atoms with E-state index < -0.39 is 5.41 Å². The summed E-state index contributed by atoms with van der Waals surface area (Å²) in [5.74, 6) is 0. The molecule has 374 valence electrons. The van der Waals surface area contributed by atoms with Gasteiger partial charge in [-0.3, -0.25) is 0 Å². The fraction of sp³-hybridized carbons (Fsp3) is 0.0400. The van der Waals surface area contributed by atoms with Crippen molar-refractivity contribution in [3.05, 3.63) is 317 Å². The van der Waals surface area contributed by atoms with Crippen LogP contribution in [0.2, 0.25) is 0 Å². The summed E-state index contributed by atoms with van der Waals surface area (Å²) in [6.45, 7) is 4.41. The summed E-state index contributed by atoms with van der Waals surface area (Å²) in [4.78, 5) is 4.94. The van der Waals surface area contributed by atoms with E-state index in [9.17, 15) is 0 Å². The van der Waals surface area contributed by atoms with E-state index in [-0.39, 0.29) is 0 Å². The molecule has 0 bridgehead atoms. The van der Waals surface area contributed by atoms with Crippen molar-refractivity contribution in [3.8, 4) is 50.2 Å². The molecule has 0 N–H and O–H groups in total. The second kappa shape index (κ2) is 18.6. The topological polar surface area (TPSA) is 11.4 Å². The zero-order valence-electron chi connectivity index (χ0n) is 43.8. The van der Waals surface area contributed by atoms with Crippen molar-refractivity contribution in [2.45, 2.75) is 19.3 Å². The van der Waals surface area contributed by atoms with Crippen LogP contribution < -0.4 is 9.80 Å². The number of rotatable bonds is 9. The third-order valence-electron chi connectivity index (χ3n) is 16.5. The molecule has 1 spiro atoms. The molecule has 13 aromatic rings. The molecule has 15 rings (SSSR count). The molecule has 1 atom stereocenters. The molecule has 79 heavy (non-hydrogen) atoms. The molecular formula is C75H52BrN3. The van der Waals surface area contributed by atoms with Crippen LogP contribution in [0.3, 0.4) is 0 Å². The highest BCUT2D eigenvalue weighted by Crippen LogP contribution is 2.64. The fourth-order valence-corrected chi connectivity index (χ4v) is 13.9. The highest BCUT2D eigenvalue weighted by Gasteiger charge is 2.52. The van der Waals surface area contributed by atoms with E-state index in [2.05, 4.69) is 323 Å². The molecule has 3 nitrogen and oxygen atoms in total. The summed E-state index contributed by atoms with van der Waals surface area (Å²) in [5, 5.41) is 2.50. The van der Waals surface area contributed by atoms with E-state index in [0.717, 1.165) is 72.1 Å². The maximum Gasteiger partial charge on any atom is 0.0727 e. The lowest BCUT2D eigenvalue weighted by Crippen LogP contribution is -2.26. The number of fused-ring (bicyclic) bond motifs is 13. The summed E-state index contributed by atoms with van der Waals surface area (Å²) >= 11 is 4.45. The van der Waals surface area contributed by atoms with E-state index in [4.69, 9.17) is 0 Å². The first kappa shape index (κ1) is 46.8. The highest BCUT2D eigenvalue weighted by atomic mass is 79.9. The van der Waals surface area contributed by atoms with Gasteiger partial charge in [-0.25, -0.2) is 0 Å². The number of aryl methyl sites for hydroxylation is 2. The Morgan fingerprint density at radius 3 is 1.32 bits per heavy atom. The first-order valence-electron chi connectivity index (χ1n) is 27.2. The lowest BCUT2D eigenvalue weighted by molar-refractivity contribution is 0.792. The molecule has 12 aromatic carbocycles. The van der Waals surface area contributed by atoms with Gasteiger partial charge >= 0.3 is 0 Å². The molecule has 1 aromatic heterocycles. The number of hydrogen-bond donors (Lipinski definition) is 0. The van der Waals surface area contributed by atoms with Gasteiger partial charge < -0.3 is 14.4 Å². The van der Waals surface area contributed by atoms with E-state index in [0.29, 0.717) is 0 Å². The van der Waals surface area contributed by atoms with Gasteiger partial charge in [0.1, 0.15) is 0 Å². The predicted molar refractivity (Wildman–Crippen MR) is 334 cm³/mol. The normalized spacial score (nSPS) is 13.8. The van der Waals surface area contributed by atoms with Gasteiger partial charge in [0.2, 0.25) is 0 Å². The molecular weight excluding hydrogens is 1020 g/mol. The lowest BCUT2D eigenvalue weighted by Gasteiger charge is -2.35. The first-order valence-corrected chi connectivity index (χ1v) is 28.0. The van der Waals surface area contributed by atoms with E-state index >= 15 is 0 Å². The highest BCUT2D eigenvalue weighted by molar-refractivity contribution is 9.10. The third kappa shape index (κ3) is 7.25. The van der Waals surface area contributed by atoms with Gasteiger partial charge in [0, 0.05) is 39.0 Å². The van der Waals surface area contributed by atoms with Crippen LogP contribution in [-0.2, 0) is 5.41 Å². The monoisotopic (exact) mass is 1070 g/mol. The number of para-hydroxylation sites is 4. The Kier molecular flexibility index (Phi) is 11.0. The molecule has 1 heterocycles. The number of halogens is 1. The van der Waals surface area contributed by atoms with Crippen molar-refractivity contribution in [2.75, 3.05) is 9.80 Å². The molecule has 1 unspecified atom stereocenters. The third-order valence-corrected chi connectivity index (χ3v) is 17.3. The molecule has 2 aliphatic rings. The first-order chi connectivity index (χ1) is 39.0. The molecule has 0 saturated heterocycles. The quantitative estimate of drug-likeness (QED) is 0.143. The Morgan fingerprint density at radius 2 is 0.759 bits per heavy atom. The van der Waals surface area contributed by atoms with Crippen LogP contribution in [0.5, 0.6) is 0 Å². The number of benzene rings is 12. The van der Waals surface area contributed by atoms with Crippen molar-refractivity contribution in [1.82, 2.24) is 4.57 Å². The van der Waals surface area contributed by atoms with Crippen LogP contribution in [0, 0.1) is 13.8 Å². The van der Waals surface area contributed by atoms with Gasteiger partial charge in [-0.15, -0.1) is 0 Å². The molecule has 0 amide bonds. The van der Waals surface area contributed by atoms with E-state index in [1.54, 1.807) is 0 Å². The van der Waals surface area contributed by atoms with Crippen molar-refractivity contribution >= 4 is 71.9 Å². The van der Waals surface area contributed by atoms with Gasteiger partial charge in [-0.05, 0) is 169 Å². The average molecular weight is 1080 g/mol. The van der Waals surface area contributed by atoms with Gasteiger partial charge in [0.15, 0.2) is 0 Å². The molecule has 0 saturated carbocycles. The largest absolute Gasteiger partial charge is 0.309 e. The van der Waals surface area contributed by atoms with Crippen molar-refractivity contribution < 1.29 is 0 Å². The van der Waals surface area contributed by atoms with E-state index in [1.165, 1.54) is 71.9 Å². The van der Waals surface area contributed by atoms with Crippen LogP contribution in [-0.4, -0.2) is 4.57 Å². The minimum Gasteiger partial charge on any atom is -0.309 e. The van der Waals surface area contributed by atoms with Gasteiger partial charge in [-0.2, -0.15) is 0 Å². The minimum absolute atomic E-state index is 0.634. The number of hydrogen-bond acceptors (Lipinski definition) is 2. The Balaban J connectivity index is 1.00. The van der Waals surface area contributed by atoms with Gasteiger partial charge in [0.05, 0.1) is 43.7 Å². The molecule has 0 aliphatic heterocycles. The smallest absolute Gasteiger partial charge is 0.0727 e. The molecule has 0 fully saturated rings. The maximum atomic E-state index is 4.45. The standard InChI is InChI=1S/C75H52BrN3/c1-49-22-21-27-53(44-49)78(68-36-17-11-28-56(68)51-23-5-3-6-24-51)72-45-50(2)46-73(74(72)76)79(69-37-18-12-29-57(69)52-25-7-4-8-26-52)55-41-43-61-59-31-10-16-35-65(59)75(67(61)48-55)64-34-15-9-30-58(64)60-42-40-54(47-66(60)75)77-70-38-19-13-32-62(70)63-33-14-20-39-71(63)77/h3-48H,1-2H3. The number of nitrogens with zero attached hydrogens (tertiary/aromatic N) is 3. The van der Waals surface area contributed by atoms with Crippen LogP contribution in [0.4, 0.5) is 34.1 Å². The second-order valence-corrected chi connectivity index (χ2v) is 21.9. The Labute approximate surface area is 469 Å². The predicted octanol–water partition coefficient (Wildman–Crippen LogP) is 20.8. The summed E-state index contributed by atoms with van der Waals surface area (Å²) in [5.41, 5.74) is 26.3. The summed E-state index contributed by atoms with van der Waals surface area (Å²) in [6, 6.07) is 103. The number of anilines is 6. The van der Waals surface area contributed by atoms with Gasteiger partial charge in [-0.1, -0.05) is 206 Å². The van der Waals surface area contributed by atoms with Crippen LogP contribution in [0.1, 0.15) is 33.4 Å². The van der Waals surface area contributed by atoms with E-state index in [1.807, 2.05) is 0 Å². The maximum absolute atomic E-state index is 4.45. The average Bonchev–Trinajstić information content (AvgIpc) is 2.21. The van der Waals surface area contributed by atoms with Crippen LogP contribution in [0.25, 0.3) is 72.0 Å². The fourth-order valence-electron chi connectivity index (χ4n) is 13.3. The van der Waals surface area contributed by atoms with Crippen molar-refractivity contribution in [1.29, 1.82) is 0 Å². The number of aromatic nitrogens is 1. The Hall–Kier alpha value is -9.48. The molecule has 4 heteroatoms. The summed E-state index contributed by atoms with van der Waals surface area (Å²) in [7, 11) is 0. The van der Waals surface area contributed by atoms with Crippen LogP contribution >= 0.6 is 15.9 Å². The SMILES string of the molecule is Cc1cccc(N(c2ccccc2-c2ccccc2)c2cc(C)cc(N(c3ccc4c(c3)C3(c5ccccc5-4)c4ccccc4-c4ccc(-n5c6ccccc6c6ccccc65)cc43)c3ccccc3-c3ccccc3)c2Br)c1. The Bertz CT molecular complexity index is 4490. The van der Waals surface area contributed by atoms with Crippen molar-refractivity contribution in [2.24, 2.45) is 0 Å². The lowest BCUT2D eigenvalue weighted by atomic mass is 9.70. The van der Waals surface area contributed by atoms with Crippen molar-refractivity contribution in [3.63, 3.8) is 0 Å². The second-order valence-electron chi connectivity index (χ2n) is 21.1. The zero-order chi connectivity index (χ0) is 52.8. The molecule has 2 aliphatic carbocycles. The Morgan fingerprint density at radius 1 is 0.316 bits per heavy atom. The summed E-state index contributed by atoms with van der Waals surface area (Å²) < 4.78 is 3.43. The summed E-state index contributed by atoms with van der Waals surface area (Å²) in [6.07, 6.45) is 0.